The number of carbonyl (C=O) groups is 1. The first-order valence-electron chi connectivity index (χ1n) is 6.87. The van der Waals surface area contributed by atoms with Gasteiger partial charge >= 0.3 is 5.97 Å². The van der Waals surface area contributed by atoms with Crippen molar-refractivity contribution in [2.75, 3.05) is 12.4 Å². The zero-order valence-electron chi connectivity index (χ0n) is 11.6. The summed E-state index contributed by atoms with van der Waals surface area (Å²) >= 11 is 0. The monoisotopic (exact) mass is 263 g/mol. The number of anilines is 1. The molecular weight excluding hydrogens is 242 g/mol. The molecule has 1 unspecified atom stereocenters. The summed E-state index contributed by atoms with van der Waals surface area (Å²) in [6, 6.07) is 0.00898. The molecule has 0 spiro atoms. The van der Waals surface area contributed by atoms with Gasteiger partial charge in [-0.05, 0) is 32.6 Å². The van der Waals surface area contributed by atoms with Crippen LogP contribution >= 0.6 is 0 Å². The summed E-state index contributed by atoms with van der Waals surface area (Å²) in [5.74, 6) is 0.670. The molecule has 2 rings (SSSR count). The Balaban J connectivity index is 2.10. The molecule has 1 heterocycles. The fourth-order valence-corrected chi connectivity index (χ4v) is 2.44. The maximum Gasteiger partial charge on any atom is 0.307 e. The van der Waals surface area contributed by atoms with E-state index in [2.05, 4.69) is 20.0 Å². The van der Waals surface area contributed by atoms with E-state index in [0.717, 1.165) is 24.4 Å². The SMILES string of the molecule is COC(=O)CC(C)Nc1ncnc2c1CCCCC2. The van der Waals surface area contributed by atoms with Crippen molar-refractivity contribution >= 4 is 11.8 Å². The molecule has 0 aromatic carbocycles. The van der Waals surface area contributed by atoms with E-state index in [9.17, 15) is 4.79 Å². The van der Waals surface area contributed by atoms with Crippen LogP contribution in [0.2, 0.25) is 0 Å². The van der Waals surface area contributed by atoms with Crippen molar-refractivity contribution in [3.05, 3.63) is 17.6 Å². The zero-order valence-corrected chi connectivity index (χ0v) is 11.6. The van der Waals surface area contributed by atoms with Gasteiger partial charge in [0.15, 0.2) is 0 Å². The molecule has 1 N–H and O–H groups in total. The number of methoxy groups -OCH3 is 1. The maximum absolute atomic E-state index is 11.3. The van der Waals surface area contributed by atoms with Crippen LogP contribution in [0.1, 0.15) is 43.9 Å². The fourth-order valence-electron chi connectivity index (χ4n) is 2.44. The lowest BCUT2D eigenvalue weighted by Crippen LogP contribution is -2.22. The lowest BCUT2D eigenvalue weighted by Gasteiger charge is -2.17. The van der Waals surface area contributed by atoms with Crippen LogP contribution < -0.4 is 5.32 Å². The third-order valence-electron chi connectivity index (χ3n) is 3.46. The Hall–Kier alpha value is -1.65. The number of aryl methyl sites for hydroxylation is 1. The highest BCUT2D eigenvalue weighted by molar-refractivity contribution is 5.70. The minimum Gasteiger partial charge on any atom is -0.469 e. The van der Waals surface area contributed by atoms with Gasteiger partial charge < -0.3 is 10.1 Å². The Kier molecular flexibility index (Phi) is 4.71. The summed E-state index contributed by atoms with van der Waals surface area (Å²) in [5.41, 5.74) is 2.37. The van der Waals surface area contributed by atoms with E-state index in [1.165, 1.54) is 31.9 Å². The second-order valence-electron chi connectivity index (χ2n) is 5.03. The molecule has 0 saturated heterocycles. The molecule has 1 aliphatic rings. The van der Waals surface area contributed by atoms with Crippen LogP contribution in [0.3, 0.4) is 0 Å². The first-order chi connectivity index (χ1) is 9.20. The van der Waals surface area contributed by atoms with Crippen LogP contribution in [0.4, 0.5) is 5.82 Å². The molecule has 5 heteroatoms. The third kappa shape index (κ3) is 3.66. The van der Waals surface area contributed by atoms with Gasteiger partial charge in [-0.3, -0.25) is 4.79 Å². The van der Waals surface area contributed by atoms with E-state index < -0.39 is 0 Å². The van der Waals surface area contributed by atoms with Crippen molar-refractivity contribution in [3.8, 4) is 0 Å². The summed E-state index contributed by atoms with van der Waals surface area (Å²) in [5, 5.41) is 3.31. The van der Waals surface area contributed by atoms with Crippen molar-refractivity contribution in [2.45, 2.75) is 51.5 Å². The molecule has 5 nitrogen and oxygen atoms in total. The number of nitrogens with zero attached hydrogens (tertiary/aromatic N) is 2. The van der Waals surface area contributed by atoms with E-state index in [1.807, 2.05) is 6.92 Å². The minimum atomic E-state index is -0.208. The van der Waals surface area contributed by atoms with Crippen molar-refractivity contribution in [2.24, 2.45) is 0 Å². The molecule has 0 radical (unpaired) electrons. The lowest BCUT2D eigenvalue weighted by atomic mass is 10.1. The van der Waals surface area contributed by atoms with Crippen LogP contribution in [-0.4, -0.2) is 29.1 Å². The Labute approximate surface area is 113 Å². The topological polar surface area (TPSA) is 64.1 Å². The molecule has 1 aliphatic carbocycles. The molecule has 0 saturated carbocycles. The molecule has 0 fully saturated rings. The van der Waals surface area contributed by atoms with Crippen LogP contribution in [0.25, 0.3) is 0 Å². The summed E-state index contributed by atoms with van der Waals surface area (Å²) in [6.45, 7) is 1.96. The van der Waals surface area contributed by atoms with Crippen LogP contribution in [0, 0.1) is 0 Å². The van der Waals surface area contributed by atoms with Gasteiger partial charge in [-0.15, -0.1) is 0 Å². The van der Waals surface area contributed by atoms with E-state index in [4.69, 9.17) is 0 Å². The molecule has 104 valence electrons. The molecule has 1 atom stereocenters. The first-order valence-corrected chi connectivity index (χ1v) is 6.87. The van der Waals surface area contributed by atoms with Crippen molar-refractivity contribution < 1.29 is 9.53 Å². The van der Waals surface area contributed by atoms with Gasteiger partial charge in [0, 0.05) is 17.3 Å². The normalized spacial score (nSPS) is 16.1. The zero-order chi connectivity index (χ0) is 13.7. The van der Waals surface area contributed by atoms with Gasteiger partial charge in [0.2, 0.25) is 0 Å². The largest absolute Gasteiger partial charge is 0.469 e. The van der Waals surface area contributed by atoms with Crippen LogP contribution in [-0.2, 0) is 22.4 Å². The number of ether oxygens (including phenoxy) is 1. The van der Waals surface area contributed by atoms with E-state index in [1.54, 1.807) is 6.33 Å². The average Bonchev–Trinajstić information content (AvgIpc) is 2.64. The standard InChI is InChI=1S/C14H21N3O2/c1-10(8-13(18)19-2)17-14-11-6-4-3-5-7-12(11)15-9-16-14/h9-10H,3-8H2,1-2H3,(H,15,16,17). The van der Waals surface area contributed by atoms with Gasteiger partial charge in [-0.2, -0.15) is 0 Å². The number of esters is 1. The molecule has 1 aromatic rings. The quantitative estimate of drug-likeness (QED) is 0.666. The summed E-state index contributed by atoms with van der Waals surface area (Å²) in [6.07, 6.45) is 7.61. The first kappa shape index (κ1) is 13.8. The molecule has 0 aliphatic heterocycles. The molecule has 1 aromatic heterocycles. The summed E-state index contributed by atoms with van der Waals surface area (Å²) in [4.78, 5) is 20.0. The minimum absolute atomic E-state index is 0.00898. The third-order valence-corrected chi connectivity index (χ3v) is 3.46. The van der Waals surface area contributed by atoms with Gasteiger partial charge in [0.05, 0.1) is 13.5 Å². The Morgan fingerprint density at radius 3 is 2.95 bits per heavy atom. The summed E-state index contributed by atoms with van der Waals surface area (Å²) < 4.78 is 4.68. The molecule has 19 heavy (non-hydrogen) atoms. The van der Waals surface area contributed by atoms with E-state index in [-0.39, 0.29) is 12.0 Å². The lowest BCUT2D eigenvalue weighted by molar-refractivity contribution is -0.140. The number of rotatable bonds is 4. The van der Waals surface area contributed by atoms with Gasteiger partial charge in [0.25, 0.3) is 0 Å². The predicted molar refractivity (Wildman–Crippen MR) is 73.0 cm³/mol. The Morgan fingerprint density at radius 2 is 2.16 bits per heavy atom. The van der Waals surface area contributed by atoms with E-state index in [0.29, 0.717) is 6.42 Å². The number of aromatic nitrogens is 2. The maximum atomic E-state index is 11.3. The van der Waals surface area contributed by atoms with Gasteiger partial charge in [-0.25, -0.2) is 9.97 Å². The van der Waals surface area contributed by atoms with Gasteiger partial charge in [0.1, 0.15) is 12.1 Å². The average molecular weight is 263 g/mol. The van der Waals surface area contributed by atoms with Crippen LogP contribution in [0.5, 0.6) is 0 Å². The fraction of sp³-hybridized carbons (Fsp3) is 0.643. The second kappa shape index (κ2) is 6.50. The number of hydrogen-bond acceptors (Lipinski definition) is 5. The molecule has 0 bridgehead atoms. The molecular formula is C14H21N3O2. The number of hydrogen-bond donors (Lipinski definition) is 1. The number of fused-ring (bicyclic) bond motifs is 1. The molecule has 0 amide bonds. The van der Waals surface area contributed by atoms with Crippen LogP contribution in [0.15, 0.2) is 6.33 Å². The smallest absolute Gasteiger partial charge is 0.307 e. The second-order valence-corrected chi connectivity index (χ2v) is 5.03. The summed E-state index contributed by atoms with van der Waals surface area (Å²) in [7, 11) is 1.41. The highest BCUT2D eigenvalue weighted by Crippen LogP contribution is 2.24. The Morgan fingerprint density at radius 1 is 1.37 bits per heavy atom. The Bertz CT molecular complexity index is 448. The highest BCUT2D eigenvalue weighted by atomic mass is 16.5. The van der Waals surface area contributed by atoms with Crippen molar-refractivity contribution in [1.82, 2.24) is 9.97 Å². The number of carbonyl (C=O) groups excluding carboxylic acids is 1. The highest BCUT2D eigenvalue weighted by Gasteiger charge is 2.16. The van der Waals surface area contributed by atoms with Crippen molar-refractivity contribution in [3.63, 3.8) is 0 Å². The van der Waals surface area contributed by atoms with E-state index >= 15 is 0 Å². The number of nitrogens with one attached hydrogen (secondary N) is 1. The predicted octanol–water partition coefficient (Wildman–Crippen LogP) is 2.11. The van der Waals surface area contributed by atoms with Crippen molar-refractivity contribution in [1.29, 1.82) is 0 Å². The van der Waals surface area contributed by atoms with Gasteiger partial charge in [-0.1, -0.05) is 6.42 Å².